The zero-order valence-electron chi connectivity index (χ0n) is 15.2. The van der Waals surface area contributed by atoms with Gasteiger partial charge < -0.3 is 14.7 Å². The predicted octanol–water partition coefficient (Wildman–Crippen LogP) is 3.37. The van der Waals surface area contributed by atoms with Crippen molar-refractivity contribution in [2.24, 2.45) is 0 Å². The van der Waals surface area contributed by atoms with E-state index in [0.717, 1.165) is 16.6 Å². The predicted molar refractivity (Wildman–Crippen MR) is 97.9 cm³/mol. The highest BCUT2D eigenvalue weighted by Crippen LogP contribution is 2.26. The normalized spacial score (nSPS) is 12.1. The Kier molecular flexibility index (Phi) is 7.74. The summed E-state index contributed by atoms with van der Waals surface area (Å²) in [5.74, 6) is -2.06. The Morgan fingerprint density at radius 1 is 1.12 bits per heavy atom. The van der Waals surface area contributed by atoms with Gasteiger partial charge in [0, 0.05) is 5.56 Å². The number of rotatable bonds is 5. The maximum absolute atomic E-state index is 14.0. The zero-order valence-corrected chi connectivity index (χ0v) is 15.2. The number of hydrogen-bond donors (Lipinski definition) is 2. The third kappa shape index (κ3) is 7.03. The van der Waals surface area contributed by atoms with Gasteiger partial charge in [-0.25, -0.2) is 4.39 Å². The van der Waals surface area contributed by atoms with E-state index in [4.69, 9.17) is 10.2 Å². The van der Waals surface area contributed by atoms with Crippen LogP contribution >= 0.6 is 0 Å². The Balaban J connectivity index is 0.000000381. The Morgan fingerprint density at radius 2 is 1.72 bits per heavy atom. The topological polar surface area (TPSA) is 57.5 Å². The number of aliphatic hydroxyl groups excluding tert-OH is 1. The van der Waals surface area contributed by atoms with Gasteiger partial charge in [0.2, 0.25) is 0 Å². The van der Waals surface area contributed by atoms with Crippen LogP contribution < -0.4 is 0 Å². The number of benzene rings is 2. The number of carboxylic acid groups (broad SMARTS) is 1. The number of aliphatic hydroxyl groups is 1. The number of aliphatic carboxylic acids is 1. The molecular formula is C20H27FNO3+. The highest BCUT2D eigenvalue weighted by molar-refractivity contribution is 5.76. The molecule has 2 N–H and O–H groups in total. The van der Waals surface area contributed by atoms with E-state index in [1.807, 2.05) is 30.3 Å². The minimum Gasteiger partial charge on any atom is -0.481 e. The lowest BCUT2D eigenvalue weighted by atomic mass is 9.97. The second-order valence-corrected chi connectivity index (χ2v) is 6.90. The van der Waals surface area contributed by atoms with Crippen LogP contribution in [0.3, 0.4) is 0 Å². The summed E-state index contributed by atoms with van der Waals surface area (Å²) in [7, 11) is 6.16. The van der Waals surface area contributed by atoms with E-state index in [0.29, 0.717) is 11.1 Å². The minimum absolute atomic E-state index is 0.281. The molecule has 0 spiro atoms. The van der Waals surface area contributed by atoms with Crippen molar-refractivity contribution in [3.8, 4) is 11.1 Å². The van der Waals surface area contributed by atoms with E-state index in [1.54, 1.807) is 19.1 Å². The van der Waals surface area contributed by atoms with Gasteiger partial charge in [-0.05, 0) is 24.1 Å². The van der Waals surface area contributed by atoms with E-state index in [-0.39, 0.29) is 6.61 Å². The molecule has 1 unspecified atom stereocenters. The van der Waals surface area contributed by atoms with Gasteiger partial charge in [0.25, 0.3) is 0 Å². The Bertz CT molecular complexity index is 681. The molecule has 0 bridgehead atoms. The molecule has 2 aromatic rings. The molecule has 0 fully saturated rings. The van der Waals surface area contributed by atoms with E-state index < -0.39 is 17.7 Å². The molecule has 0 aromatic heterocycles. The van der Waals surface area contributed by atoms with Crippen molar-refractivity contribution in [1.29, 1.82) is 0 Å². The zero-order chi connectivity index (χ0) is 19.0. The summed E-state index contributed by atoms with van der Waals surface area (Å²) in [5.41, 5.74) is 1.74. The standard InChI is InChI=1S/C15H13FO2.C5H14NO/c1-10(15(17)18)12-7-8-13(14(16)9-12)11-5-3-2-4-6-11;1-6(2,3)4-5-7/h2-10H,1H3,(H,17,18);7H,4-5H2,1-3H3/q;+1. The highest BCUT2D eigenvalue weighted by atomic mass is 19.1. The summed E-state index contributed by atoms with van der Waals surface area (Å²) in [5, 5.41) is 17.3. The van der Waals surface area contributed by atoms with E-state index in [1.165, 1.54) is 6.07 Å². The van der Waals surface area contributed by atoms with Gasteiger partial charge in [0.05, 0.1) is 33.7 Å². The largest absolute Gasteiger partial charge is 0.481 e. The molecule has 5 heteroatoms. The summed E-state index contributed by atoms with van der Waals surface area (Å²) in [6.07, 6.45) is 0. The molecule has 0 aliphatic heterocycles. The molecule has 25 heavy (non-hydrogen) atoms. The minimum atomic E-state index is -0.957. The summed E-state index contributed by atoms with van der Waals surface area (Å²) >= 11 is 0. The molecule has 0 heterocycles. The first-order chi connectivity index (χ1) is 11.7. The average molecular weight is 348 g/mol. The number of nitrogens with zero attached hydrogens (tertiary/aromatic N) is 1. The van der Waals surface area contributed by atoms with Crippen LogP contribution in [0.5, 0.6) is 0 Å². The number of halogens is 1. The first kappa shape index (κ1) is 20.8. The smallest absolute Gasteiger partial charge is 0.310 e. The highest BCUT2D eigenvalue weighted by Gasteiger charge is 2.15. The molecule has 0 saturated carbocycles. The van der Waals surface area contributed by atoms with Crippen LogP contribution in [-0.2, 0) is 4.79 Å². The molecule has 0 radical (unpaired) electrons. The lowest BCUT2D eigenvalue weighted by molar-refractivity contribution is -0.870. The Morgan fingerprint density at radius 3 is 2.12 bits per heavy atom. The Hall–Kier alpha value is -2.24. The van der Waals surface area contributed by atoms with Gasteiger partial charge in [0.15, 0.2) is 0 Å². The lowest BCUT2D eigenvalue weighted by Gasteiger charge is -2.21. The number of likely N-dealkylation sites (N-methyl/N-ethyl adjacent to an activating group) is 1. The van der Waals surface area contributed by atoms with Gasteiger partial charge >= 0.3 is 5.97 Å². The summed E-state index contributed by atoms with van der Waals surface area (Å²) in [4.78, 5) is 10.8. The van der Waals surface area contributed by atoms with Crippen molar-refractivity contribution in [2.45, 2.75) is 12.8 Å². The van der Waals surface area contributed by atoms with Gasteiger partial charge in [-0.3, -0.25) is 4.79 Å². The second kappa shape index (κ2) is 9.30. The molecule has 2 rings (SSSR count). The molecule has 0 aliphatic carbocycles. The van der Waals surface area contributed by atoms with Gasteiger partial charge in [-0.2, -0.15) is 0 Å². The van der Waals surface area contributed by atoms with E-state index >= 15 is 0 Å². The lowest BCUT2D eigenvalue weighted by Crippen LogP contribution is -2.36. The first-order valence-electron chi connectivity index (χ1n) is 8.14. The van der Waals surface area contributed by atoms with Crippen molar-refractivity contribution >= 4 is 5.97 Å². The van der Waals surface area contributed by atoms with Crippen LogP contribution in [0.15, 0.2) is 48.5 Å². The number of carbonyl (C=O) groups is 1. The van der Waals surface area contributed by atoms with Gasteiger partial charge in [-0.15, -0.1) is 0 Å². The van der Waals surface area contributed by atoms with Gasteiger partial charge in [0.1, 0.15) is 12.4 Å². The van der Waals surface area contributed by atoms with Crippen LogP contribution in [0.4, 0.5) is 4.39 Å². The van der Waals surface area contributed by atoms with Crippen LogP contribution in [-0.4, -0.2) is 55.0 Å². The number of quaternary nitrogens is 1. The van der Waals surface area contributed by atoms with Crippen molar-refractivity contribution < 1.29 is 23.9 Å². The summed E-state index contributed by atoms with van der Waals surface area (Å²) < 4.78 is 14.8. The van der Waals surface area contributed by atoms with Crippen LogP contribution in [0.1, 0.15) is 18.4 Å². The molecule has 136 valence electrons. The molecule has 2 aromatic carbocycles. The summed E-state index contributed by atoms with van der Waals surface area (Å²) in [6.45, 7) is 2.66. The SMILES string of the molecule is CC(C(=O)O)c1ccc(-c2ccccc2)c(F)c1.C[N+](C)(C)CCO. The molecule has 0 saturated heterocycles. The fourth-order valence-corrected chi connectivity index (χ4v) is 2.10. The molecular weight excluding hydrogens is 321 g/mol. The van der Waals surface area contributed by atoms with Crippen molar-refractivity contribution in [1.82, 2.24) is 0 Å². The second-order valence-electron chi connectivity index (χ2n) is 6.90. The van der Waals surface area contributed by atoms with E-state index in [9.17, 15) is 9.18 Å². The fraction of sp³-hybridized carbons (Fsp3) is 0.350. The van der Waals surface area contributed by atoms with Crippen molar-refractivity contribution in [3.05, 3.63) is 59.9 Å². The maximum Gasteiger partial charge on any atom is 0.310 e. The van der Waals surface area contributed by atoms with Crippen LogP contribution in [0.25, 0.3) is 11.1 Å². The molecule has 1 atom stereocenters. The average Bonchev–Trinajstić information content (AvgIpc) is 2.54. The Labute approximate surface area is 148 Å². The number of carboxylic acids is 1. The first-order valence-corrected chi connectivity index (χ1v) is 8.14. The third-order valence-corrected chi connectivity index (χ3v) is 3.72. The van der Waals surface area contributed by atoms with E-state index in [2.05, 4.69) is 21.1 Å². The molecule has 0 amide bonds. The van der Waals surface area contributed by atoms with Gasteiger partial charge in [-0.1, -0.05) is 42.5 Å². The fourth-order valence-electron chi connectivity index (χ4n) is 2.10. The summed E-state index contributed by atoms with van der Waals surface area (Å²) in [6, 6.07) is 13.7. The quantitative estimate of drug-likeness (QED) is 0.815. The third-order valence-electron chi connectivity index (χ3n) is 3.72. The molecule has 4 nitrogen and oxygen atoms in total. The maximum atomic E-state index is 14.0. The van der Waals surface area contributed by atoms with Crippen LogP contribution in [0.2, 0.25) is 0 Å². The van der Waals surface area contributed by atoms with Crippen LogP contribution in [0, 0.1) is 5.82 Å². The van der Waals surface area contributed by atoms with Crippen molar-refractivity contribution in [2.75, 3.05) is 34.3 Å². The molecule has 0 aliphatic rings. The van der Waals surface area contributed by atoms with Crippen molar-refractivity contribution in [3.63, 3.8) is 0 Å². The number of hydrogen-bond acceptors (Lipinski definition) is 2. The monoisotopic (exact) mass is 348 g/mol.